The third-order valence-corrected chi connectivity index (χ3v) is 3.22. The molecular formula is C13H17ClN2O2. The van der Waals surface area contributed by atoms with Gasteiger partial charge in [0.05, 0.1) is 30.5 Å². The van der Waals surface area contributed by atoms with Crippen LogP contribution >= 0.6 is 11.6 Å². The van der Waals surface area contributed by atoms with Gasteiger partial charge in [0.15, 0.2) is 0 Å². The monoisotopic (exact) mass is 268 g/mol. The van der Waals surface area contributed by atoms with Crippen molar-refractivity contribution in [3.05, 3.63) is 29.3 Å². The van der Waals surface area contributed by atoms with Gasteiger partial charge in [-0.25, -0.2) is 0 Å². The second-order valence-electron chi connectivity index (χ2n) is 4.94. The van der Waals surface area contributed by atoms with Gasteiger partial charge in [-0.05, 0) is 12.1 Å². The van der Waals surface area contributed by atoms with Crippen molar-refractivity contribution in [3.8, 4) is 0 Å². The molecule has 1 aliphatic rings. The molecule has 1 heterocycles. The van der Waals surface area contributed by atoms with E-state index in [9.17, 15) is 4.79 Å². The number of carbonyl (C=O) groups excluding carboxylic acids is 1. The lowest BCUT2D eigenvalue weighted by Crippen LogP contribution is -2.48. The number of nitrogens with one attached hydrogen (secondary N) is 2. The van der Waals surface area contributed by atoms with E-state index in [1.54, 1.807) is 12.1 Å². The molecule has 1 aromatic carbocycles. The van der Waals surface area contributed by atoms with Crippen LogP contribution in [-0.2, 0) is 9.53 Å². The van der Waals surface area contributed by atoms with Crippen LogP contribution in [-0.4, -0.2) is 32.2 Å². The highest BCUT2D eigenvalue weighted by molar-refractivity contribution is 6.33. The molecule has 4 nitrogen and oxygen atoms in total. The number of hydrogen-bond donors (Lipinski definition) is 2. The van der Waals surface area contributed by atoms with Crippen LogP contribution in [0, 0.1) is 5.41 Å². The molecule has 0 spiro atoms. The number of benzene rings is 1. The summed E-state index contributed by atoms with van der Waals surface area (Å²) < 4.78 is 5.15. The standard InChI is InChI=1S/C13H17ClN2O2/c1-13(8-18-9-13)7-15-6-12(17)16-11-5-3-2-4-10(11)14/h2-5,15H,6-9H2,1H3,(H,16,17). The van der Waals surface area contributed by atoms with Gasteiger partial charge in [0.2, 0.25) is 5.91 Å². The first-order chi connectivity index (χ1) is 8.59. The van der Waals surface area contributed by atoms with E-state index in [0.29, 0.717) is 10.7 Å². The number of rotatable bonds is 5. The zero-order valence-electron chi connectivity index (χ0n) is 10.3. The van der Waals surface area contributed by atoms with Gasteiger partial charge in [-0.15, -0.1) is 0 Å². The predicted molar refractivity (Wildman–Crippen MR) is 71.9 cm³/mol. The van der Waals surface area contributed by atoms with Crippen LogP contribution in [0.5, 0.6) is 0 Å². The molecule has 1 amide bonds. The number of hydrogen-bond acceptors (Lipinski definition) is 3. The van der Waals surface area contributed by atoms with E-state index in [2.05, 4.69) is 17.6 Å². The first-order valence-electron chi connectivity index (χ1n) is 5.92. The first-order valence-corrected chi connectivity index (χ1v) is 6.30. The van der Waals surface area contributed by atoms with Crippen LogP contribution < -0.4 is 10.6 Å². The highest BCUT2D eigenvalue weighted by Gasteiger charge is 2.32. The molecule has 0 saturated carbocycles. The van der Waals surface area contributed by atoms with E-state index in [-0.39, 0.29) is 17.9 Å². The fraction of sp³-hybridized carbons (Fsp3) is 0.462. The van der Waals surface area contributed by atoms with Crippen LogP contribution in [0.2, 0.25) is 5.02 Å². The molecule has 5 heteroatoms. The topological polar surface area (TPSA) is 50.4 Å². The van der Waals surface area contributed by atoms with Crippen molar-refractivity contribution in [3.63, 3.8) is 0 Å². The summed E-state index contributed by atoms with van der Waals surface area (Å²) >= 11 is 5.95. The predicted octanol–water partition coefficient (Wildman–Crippen LogP) is 1.90. The lowest BCUT2D eigenvalue weighted by Gasteiger charge is -2.38. The van der Waals surface area contributed by atoms with Crippen LogP contribution in [0.15, 0.2) is 24.3 Å². The molecule has 2 rings (SSSR count). The van der Waals surface area contributed by atoms with Gasteiger partial charge in [-0.3, -0.25) is 4.79 Å². The first kappa shape index (κ1) is 13.3. The van der Waals surface area contributed by atoms with Crippen LogP contribution in [0.3, 0.4) is 0 Å². The van der Waals surface area contributed by atoms with E-state index < -0.39 is 0 Å². The maximum absolute atomic E-state index is 11.7. The largest absolute Gasteiger partial charge is 0.380 e. The zero-order valence-corrected chi connectivity index (χ0v) is 11.1. The second kappa shape index (κ2) is 5.69. The van der Waals surface area contributed by atoms with Crippen LogP contribution in [0.1, 0.15) is 6.92 Å². The minimum absolute atomic E-state index is 0.0908. The Balaban J connectivity index is 1.74. The quantitative estimate of drug-likeness (QED) is 0.858. The van der Waals surface area contributed by atoms with Crippen LogP contribution in [0.25, 0.3) is 0 Å². The summed E-state index contributed by atoms with van der Waals surface area (Å²) in [5, 5.41) is 6.45. The smallest absolute Gasteiger partial charge is 0.238 e. The fourth-order valence-corrected chi connectivity index (χ4v) is 1.97. The minimum atomic E-state index is -0.0908. The van der Waals surface area contributed by atoms with Gasteiger partial charge < -0.3 is 15.4 Å². The number of ether oxygens (including phenoxy) is 1. The molecule has 1 saturated heterocycles. The molecule has 0 radical (unpaired) electrons. The van der Waals surface area contributed by atoms with E-state index in [0.717, 1.165) is 19.8 Å². The fourth-order valence-electron chi connectivity index (χ4n) is 1.79. The maximum atomic E-state index is 11.7. The van der Waals surface area contributed by atoms with Gasteiger partial charge in [0.25, 0.3) is 0 Å². The number of amides is 1. The maximum Gasteiger partial charge on any atom is 0.238 e. The van der Waals surface area contributed by atoms with Gasteiger partial charge in [-0.1, -0.05) is 30.7 Å². The van der Waals surface area contributed by atoms with E-state index in [1.165, 1.54) is 0 Å². The summed E-state index contributed by atoms with van der Waals surface area (Å²) in [6.07, 6.45) is 0. The Kier molecular flexibility index (Phi) is 4.22. The Labute approximate surface area is 112 Å². The molecule has 0 atom stereocenters. The summed E-state index contributed by atoms with van der Waals surface area (Å²) in [7, 11) is 0. The van der Waals surface area contributed by atoms with Crippen molar-refractivity contribution in [1.29, 1.82) is 0 Å². The third-order valence-electron chi connectivity index (χ3n) is 2.89. The van der Waals surface area contributed by atoms with Gasteiger partial charge >= 0.3 is 0 Å². The average molecular weight is 269 g/mol. The summed E-state index contributed by atoms with van der Waals surface area (Å²) in [6, 6.07) is 7.19. The van der Waals surface area contributed by atoms with Gasteiger partial charge in [-0.2, -0.15) is 0 Å². The molecule has 2 N–H and O–H groups in total. The van der Waals surface area contributed by atoms with E-state index >= 15 is 0 Å². The molecule has 1 aromatic rings. The lowest BCUT2D eigenvalue weighted by molar-refractivity contribution is -0.117. The normalized spacial score (nSPS) is 17.0. The van der Waals surface area contributed by atoms with Crippen molar-refractivity contribution in [1.82, 2.24) is 5.32 Å². The second-order valence-corrected chi connectivity index (χ2v) is 5.34. The number of carbonyl (C=O) groups is 1. The highest BCUT2D eigenvalue weighted by atomic mass is 35.5. The van der Waals surface area contributed by atoms with Gasteiger partial charge in [0.1, 0.15) is 0 Å². The Morgan fingerprint density at radius 2 is 2.17 bits per heavy atom. The van der Waals surface area contributed by atoms with Crippen molar-refractivity contribution in [2.75, 3.05) is 31.6 Å². The minimum Gasteiger partial charge on any atom is -0.380 e. The Morgan fingerprint density at radius 1 is 1.44 bits per heavy atom. The number of halogens is 1. The molecule has 0 bridgehead atoms. The Bertz CT molecular complexity index is 433. The van der Waals surface area contributed by atoms with Crippen molar-refractivity contribution in [2.24, 2.45) is 5.41 Å². The molecule has 0 aliphatic carbocycles. The lowest BCUT2D eigenvalue weighted by atomic mass is 9.89. The molecule has 1 aliphatic heterocycles. The Hall–Kier alpha value is -1.10. The van der Waals surface area contributed by atoms with E-state index in [4.69, 9.17) is 16.3 Å². The molecule has 1 fully saturated rings. The average Bonchev–Trinajstić information content (AvgIpc) is 2.30. The van der Waals surface area contributed by atoms with Gasteiger partial charge in [0, 0.05) is 12.0 Å². The summed E-state index contributed by atoms with van der Waals surface area (Å²) in [6.45, 7) is 4.71. The number of anilines is 1. The zero-order chi connectivity index (χ0) is 13.0. The van der Waals surface area contributed by atoms with Crippen molar-refractivity contribution >= 4 is 23.2 Å². The summed E-state index contributed by atoms with van der Waals surface area (Å²) in [4.78, 5) is 11.7. The van der Waals surface area contributed by atoms with Crippen LogP contribution in [0.4, 0.5) is 5.69 Å². The highest BCUT2D eigenvalue weighted by Crippen LogP contribution is 2.25. The molecule has 18 heavy (non-hydrogen) atoms. The summed E-state index contributed by atoms with van der Waals surface area (Å²) in [5.41, 5.74) is 0.814. The molecule has 98 valence electrons. The molecule has 0 unspecified atom stereocenters. The molecule has 0 aromatic heterocycles. The number of para-hydroxylation sites is 1. The summed E-state index contributed by atoms with van der Waals surface area (Å²) in [5.74, 6) is -0.0908. The van der Waals surface area contributed by atoms with Crippen molar-refractivity contribution in [2.45, 2.75) is 6.92 Å². The molecular weight excluding hydrogens is 252 g/mol. The SMILES string of the molecule is CC1(CNCC(=O)Nc2ccccc2Cl)COC1. The van der Waals surface area contributed by atoms with E-state index in [1.807, 2.05) is 12.1 Å². The third kappa shape index (κ3) is 3.45. The van der Waals surface area contributed by atoms with Crippen molar-refractivity contribution < 1.29 is 9.53 Å². The Morgan fingerprint density at radius 3 is 2.78 bits per heavy atom.